The van der Waals surface area contributed by atoms with Crippen LogP contribution in [0.1, 0.15) is 10.4 Å². The van der Waals surface area contributed by atoms with Crippen molar-refractivity contribution >= 4 is 17.7 Å². The maximum atomic E-state index is 13.2. The first-order valence-corrected chi connectivity index (χ1v) is 9.27. The zero-order chi connectivity index (χ0) is 19.1. The number of aromatic nitrogens is 5. The van der Waals surface area contributed by atoms with Crippen molar-refractivity contribution in [1.82, 2.24) is 29.9 Å². The second-order valence-electron chi connectivity index (χ2n) is 7.24. The van der Waals surface area contributed by atoms with Crippen LogP contribution in [0.3, 0.4) is 0 Å². The van der Waals surface area contributed by atoms with E-state index >= 15 is 0 Å². The summed E-state index contributed by atoms with van der Waals surface area (Å²) in [6.07, 6.45) is 4.90. The normalized spacial score (nSPS) is 21.1. The van der Waals surface area contributed by atoms with Gasteiger partial charge in [-0.05, 0) is 18.2 Å². The average Bonchev–Trinajstić information content (AvgIpc) is 3.43. The molecule has 2 aliphatic heterocycles. The van der Waals surface area contributed by atoms with Gasteiger partial charge < -0.3 is 15.5 Å². The molecule has 2 atom stereocenters. The van der Waals surface area contributed by atoms with Gasteiger partial charge >= 0.3 is 0 Å². The standard InChI is InChI=1S/C19H20N8O/c20-19-21-6-5-17(24-19)25-9-13-11-26(12-14(13)10-25)18(28)15-3-1-2-4-16(15)27-22-7-8-23-27/h1-8,13-14H,9-12H2,(H2,20,21,24). The molecule has 0 bridgehead atoms. The van der Waals surface area contributed by atoms with Crippen molar-refractivity contribution in [3.8, 4) is 5.69 Å². The van der Waals surface area contributed by atoms with Crippen molar-refractivity contribution < 1.29 is 4.79 Å². The first-order valence-electron chi connectivity index (χ1n) is 9.27. The van der Waals surface area contributed by atoms with Crippen LogP contribution in [0.15, 0.2) is 48.9 Å². The molecular weight excluding hydrogens is 356 g/mol. The highest BCUT2D eigenvalue weighted by Gasteiger charge is 2.42. The van der Waals surface area contributed by atoms with Gasteiger partial charge in [0.15, 0.2) is 0 Å². The number of carbonyl (C=O) groups is 1. The van der Waals surface area contributed by atoms with E-state index in [1.165, 1.54) is 4.80 Å². The van der Waals surface area contributed by atoms with Gasteiger partial charge in [0, 0.05) is 44.2 Å². The van der Waals surface area contributed by atoms with Crippen molar-refractivity contribution in [2.45, 2.75) is 0 Å². The Labute approximate surface area is 161 Å². The van der Waals surface area contributed by atoms with Gasteiger partial charge in [0.1, 0.15) is 5.82 Å². The number of anilines is 2. The van der Waals surface area contributed by atoms with Crippen LogP contribution in [0.5, 0.6) is 0 Å². The summed E-state index contributed by atoms with van der Waals surface area (Å²) in [5.74, 6) is 2.02. The summed E-state index contributed by atoms with van der Waals surface area (Å²) in [4.78, 5) is 27.1. The molecule has 5 rings (SSSR count). The Morgan fingerprint density at radius 3 is 2.39 bits per heavy atom. The Hall–Kier alpha value is -3.49. The molecule has 0 saturated carbocycles. The van der Waals surface area contributed by atoms with Crippen LogP contribution < -0.4 is 10.6 Å². The second-order valence-corrected chi connectivity index (χ2v) is 7.24. The maximum absolute atomic E-state index is 13.2. The number of hydrogen-bond donors (Lipinski definition) is 1. The van der Waals surface area contributed by atoms with Crippen LogP contribution in [0.2, 0.25) is 0 Å². The van der Waals surface area contributed by atoms with Gasteiger partial charge in [-0.2, -0.15) is 20.0 Å². The third-order valence-corrected chi connectivity index (χ3v) is 5.53. The van der Waals surface area contributed by atoms with Gasteiger partial charge in [-0.1, -0.05) is 12.1 Å². The summed E-state index contributed by atoms with van der Waals surface area (Å²) in [6, 6.07) is 9.35. The Bertz CT molecular complexity index is 991. The highest BCUT2D eigenvalue weighted by atomic mass is 16.2. The van der Waals surface area contributed by atoms with Crippen molar-refractivity contribution in [3.63, 3.8) is 0 Å². The van der Waals surface area contributed by atoms with Crippen molar-refractivity contribution in [2.75, 3.05) is 36.8 Å². The lowest BCUT2D eigenvalue weighted by molar-refractivity contribution is 0.0782. The minimum absolute atomic E-state index is 0.0279. The Morgan fingerprint density at radius 1 is 0.964 bits per heavy atom. The minimum atomic E-state index is 0.0279. The fraction of sp³-hybridized carbons (Fsp3) is 0.316. The Balaban J connectivity index is 1.32. The van der Waals surface area contributed by atoms with E-state index in [1.54, 1.807) is 18.6 Å². The minimum Gasteiger partial charge on any atom is -0.368 e. The topological polar surface area (TPSA) is 106 Å². The number of hydrogen-bond acceptors (Lipinski definition) is 7. The zero-order valence-electron chi connectivity index (χ0n) is 15.2. The van der Waals surface area contributed by atoms with Gasteiger partial charge in [-0.25, -0.2) is 4.98 Å². The average molecular weight is 376 g/mol. The molecule has 1 amide bonds. The smallest absolute Gasteiger partial charge is 0.256 e. The lowest BCUT2D eigenvalue weighted by Crippen LogP contribution is -2.34. The number of nitrogens with zero attached hydrogens (tertiary/aromatic N) is 7. The van der Waals surface area contributed by atoms with Gasteiger partial charge in [0.2, 0.25) is 5.95 Å². The molecule has 0 spiro atoms. The third-order valence-electron chi connectivity index (χ3n) is 5.53. The molecule has 4 heterocycles. The van der Waals surface area contributed by atoms with Crippen LogP contribution in [0.25, 0.3) is 5.69 Å². The number of carbonyl (C=O) groups excluding carboxylic acids is 1. The van der Waals surface area contributed by atoms with E-state index < -0.39 is 0 Å². The summed E-state index contributed by atoms with van der Waals surface area (Å²) in [5.41, 5.74) is 7.03. The molecule has 142 valence electrons. The van der Waals surface area contributed by atoms with E-state index in [2.05, 4.69) is 25.1 Å². The van der Waals surface area contributed by atoms with Gasteiger partial charge in [0.05, 0.1) is 23.6 Å². The monoisotopic (exact) mass is 376 g/mol. The van der Waals surface area contributed by atoms with Gasteiger partial charge in [-0.3, -0.25) is 4.79 Å². The van der Waals surface area contributed by atoms with Crippen LogP contribution in [-0.4, -0.2) is 61.9 Å². The van der Waals surface area contributed by atoms with Crippen LogP contribution in [0, 0.1) is 11.8 Å². The fourth-order valence-electron chi connectivity index (χ4n) is 4.23. The first kappa shape index (κ1) is 16.7. The van der Waals surface area contributed by atoms with E-state index in [-0.39, 0.29) is 11.9 Å². The van der Waals surface area contributed by atoms with Gasteiger partial charge in [-0.15, -0.1) is 0 Å². The van der Waals surface area contributed by atoms with Crippen LogP contribution in [0.4, 0.5) is 11.8 Å². The number of nitrogens with two attached hydrogens (primary N) is 1. The summed E-state index contributed by atoms with van der Waals surface area (Å²) in [6.45, 7) is 3.21. The first-order chi connectivity index (χ1) is 13.7. The molecule has 0 radical (unpaired) electrons. The highest BCUT2D eigenvalue weighted by molar-refractivity contribution is 5.97. The van der Waals surface area contributed by atoms with Crippen LogP contribution >= 0.6 is 0 Å². The number of fused-ring (bicyclic) bond motifs is 1. The number of amides is 1. The third kappa shape index (κ3) is 2.84. The van der Waals surface area contributed by atoms with E-state index in [0.29, 0.717) is 23.1 Å². The van der Waals surface area contributed by atoms with Crippen molar-refractivity contribution in [2.24, 2.45) is 11.8 Å². The number of para-hydroxylation sites is 1. The predicted molar refractivity (Wildman–Crippen MR) is 103 cm³/mol. The molecule has 2 N–H and O–H groups in total. The molecule has 3 aromatic rings. The van der Waals surface area contributed by atoms with Crippen LogP contribution in [-0.2, 0) is 0 Å². The molecule has 2 aromatic heterocycles. The molecule has 2 saturated heterocycles. The molecule has 2 fully saturated rings. The zero-order valence-corrected chi connectivity index (χ0v) is 15.2. The summed E-state index contributed by atoms with van der Waals surface area (Å²) in [5, 5.41) is 8.34. The molecule has 9 nitrogen and oxygen atoms in total. The predicted octanol–water partition coefficient (Wildman–Crippen LogP) is 0.848. The molecular formula is C19H20N8O. The number of rotatable bonds is 3. The number of nitrogen functional groups attached to an aromatic ring is 1. The largest absolute Gasteiger partial charge is 0.368 e. The van der Waals surface area contributed by atoms with E-state index in [1.807, 2.05) is 35.2 Å². The lowest BCUT2D eigenvalue weighted by atomic mass is 10.0. The second kappa shape index (κ2) is 6.59. The van der Waals surface area contributed by atoms with E-state index in [4.69, 9.17) is 5.73 Å². The van der Waals surface area contributed by atoms with Gasteiger partial charge in [0.25, 0.3) is 5.91 Å². The number of likely N-dealkylation sites (tertiary alicyclic amines) is 1. The summed E-state index contributed by atoms with van der Waals surface area (Å²) in [7, 11) is 0. The molecule has 0 aliphatic carbocycles. The summed E-state index contributed by atoms with van der Waals surface area (Å²) >= 11 is 0. The Kier molecular flexibility index (Phi) is 3.92. The molecule has 2 unspecified atom stereocenters. The maximum Gasteiger partial charge on any atom is 0.256 e. The summed E-state index contributed by atoms with van der Waals surface area (Å²) < 4.78 is 0. The van der Waals surface area contributed by atoms with E-state index in [0.717, 1.165) is 32.0 Å². The SMILES string of the molecule is Nc1nccc(N2CC3CN(C(=O)c4ccccc4-n4nccn4)CC3C2)n1. The number of benzene rings is 1. The van der Waals surface area contributed by atoms with E-state index in [9.17, 15) is 4.79 Å². The molecule has 1 aromatic carbocycles. The van der Waals surface area contributed by atoms with Crippen molar-refractivity contribution in [1.29, 1.82) is 0 Å². The van der Waals surface area contributed by atoms with Crippen molar-refractivity contribution in [3.05, 3.63) is 54.5 Å². The Morgan fingerprint density at radius 2 is 1.68 bits per heavy atom. The molecule has 9 heteroatoms. The molecule has 28 heavy (non-hydrogen) atoms. The lowest BCUT2D eigenvalue weighted by Gasteiger charge is -2.23. The highest BCUT2D eigenvalue weighted by Crippen LogP contribution is 2.34. The fourth-order valence-corrected chi connectivity index (χ4v) is 4.23. The molecule has 2 aliphatic rings. The quantitative estimate of drug-likeness (QED) is 0.722.